The van der Waals surface area contributed by atoms with Crippen LogP contribution in [0.1, 0.15) is 21.5 Å². The van der Waals surface area contributed by atoms with Gasteiger partial charge in [-0.3, -0.25) is 14.9 Å². The van der Waals surface area contributed by atoms with Crippen LogP contribution in [-0.2, 0) is 0 Å². The molecule has 0 saturated carbocycles. The van der Waals surface area contributed by atoms with Crippen LogP contribution in [-0.4, -0.2) is 10.8 Å². The minimum absolute atomic E-state index is 0.0322. The SMILES string of the molecule is Cc1ccc(C)c(C(=O)Nc2ccc(Cl)c([N+](=O)[O-])c2)c1. The van der Waals surface area contributed by atoms with Gasteiger partial charge in [0.15, 0.2) is 0 Å². The maximum atomic E-state index is 12.2. The van der Waals surface area contributed by atoms with Crippen LogP contribution in [0.15, 0.2) is 36.4 Å². The van der Waals surface area contributed by atoms with Crippen molar-refractivity contribution < 1.29 is 9.72 Å². The molecule has 0 saturated heterocycles. The molecule has 0 heterocycles. The number of rotatable bonds is 3. The molecule has 21 heavy (non-hydrogen) atoms. The van der Waals surface area contributed by atoms with Crippen LogP contribution >= 0.6 is 11.6 Å². The normalized spacial score (nSPS) is 10.2. The number of amides is 1. The smallest absolute Gasteiger partial charge is 0.289 e. The molecule has 0 aliphatic rings. The lowest BCUT2D eigenvalue weighted by molar-refractivity contribution is -0.384. The van der Waals surface area contributed by atoms with Crippen molar-refractivity contribution in [3.63, 3.8) is 0 Å². The van der Waals surface area contributed by atoms with Crippen molar-refractivity contribution in [2.75, 3.05) is 5.32 Å². The molecule has 0 atom stereocenters. The second-order valence-corrected chi connectivity index (χ2v) is 5.10. The molecule has 108 valence electrons. The molecule has 1 N–H and O–H groups in total. The van der Waals surface area contributed by atoms with Gasteiger partial charge in [0.2, 0.25) is 0 Å². The van der Waals surface area contributed by atoms with Gasteiger partial charge in [0, 0.05) is 17.3 Å². The van der Waals surface area contributed by atoms with Crippen LogP contribution in [0.2, 0.25) is 5.02 Å². The average molecular weight is 305 g/mol. The van der Waals surface area contributed by atoms with E-state index in [1.165, 1.54) is 18.2 Å². The zero-order valence-electron chi connectivity index (χ0n) is 11.5. The third-order valence-corrected chi connectivity index (χ3v) is 3.36. The molecular formula is C15H13ClN2O3. The van der Waals surface area contributed by atoms with Crippen molar-refractivity contribution in [2.24, 2.45) is 0 Å². The summed E-state index contributed by atoms with van der Waals surface area (Å²) in [5.74, 6) is -0.312. The first kappa shape index (κ1) is 15.0. The van der Waals surface area contributed by atoms with Crippen LogP contribution in [0.5, 0.6) is 0 Å². The lowest BCUT2D eigenvalue weighted by atomic mass is 10.0. The Morgan fingerprint density at radius 3 is 2.57 bits per heavy atom. The Balaban J connectivity index is 2.29. The molecule has 2 aromatic rings. The van der Waals surface area contributed by atoms with Gasteiger partial charge in [-0.15, -0.1) is 0 Å². The van der Waals surface area contributed by atoms with E-state index in [1.54, 1.807) is 6.07 Å². The first-order valence-corrected chi connectivity index (χ1v) is 6.59. The first-order chi connectivity index (χ1) is 9.88. The van der Waals surface area contributed by atoms with Crippen LogP contribution in [0.3, 0.4) is 0 Å². The molecule has 2 aromatic carbocycles. The highest BCUT2D eigenvalue weighted by molar-refractivity contribution is 6.32. The van der Waals surface area contributed by atoms with Crippen molar-refractivity contribution in [3.8, 4) is 0 Å². The predicted octanol–water partition coefficient (Wildman–Crippen LogP) is 4.12. The summed E-state index contributed by atoms with van der Waals surface area (Å²) in [7, 11) is 0. The van der Waals surface area contributed by atoms with Crippen molar-refractivity contribution in [1.82, 2.24) is 0 Å². The van der Waals surface area contributed by atoms with Gasteiger partial charge in [-0.25, -0.2) is 0 Å². The molecule has 0 bridgehead atoms. The van der Waals surface area contributed by atoms with Crippen molar-refractivity contribution >= 4 is 28.9 Å². The van der Waals surface area contributed by atoms with Gasteiger partial charge in [0.05, 0.1) is 4.92 Å². The average Bonchev–Trinajstić information content (AvgIpc) is 2.43. The summed E-state index contributed by atoms with van der Waals surface area (Å²) >= 11 is 5.74. The number of anilines is 1. The number of benzene rings is 2. The molecule has 2 rings (SSSR count). The largest absolute Gasteiger partial charge is 0.322 e. The highest BCUT2D eigenvalue weighted by atomic mass is 35.5. The lowest BCUT2D eigenvalue weighted by Gasteiger charge is -2.09. The van der Waals surface area contributed by atoms with Gasteiger partial charge in [0.25, 0.3) is 11.6 Å². The zero-order chi connectivity index (χ0) is 15.6. The van der Waals surface area contributed by atoms with Gasteiger partial charge in [-0.05, 0) is 37.6 Å². The van der Waals surface area contributed by atoms with Gasteiger partial charge >= 0.3 is 0 Å². The fourth-order valence-electron chi connectivity index (χ4n) is 1.91. The van der Waals surface area contributed by atoms with E-state index in [0.29, 0.717) is 11.3 Å². The minimum Gasteiger partial charge on any atom is -0.322 e. The number of nitro benzene ring substituents is 1. The summed E-state index contributed by atoms with van der Waals surface area (Å²) in [6.45, 7) is 3.72. The van der Waals surface area contributed by atoms with Crippen LogP contribution in [0.4, 0.5) is 11.4 Å². The quantitative estimate of drug-likeness (QED) is 0.685. The minimum atomic E-state index is -0.587. The number of halogens is 1. The maximum Gasteiger partial charge on any atom is 0.289 e. The van der Waals surface area contributed by atoms with Gasteiger partial charge in [-0.2, -0.15) is 0 Å². The van der Waals surface area contributed by atoms with E-state index in [9.17, 15) is 14.9 Å². The summed E-state index contributed by atoms with van der Waals surface area (Å²) in [5.41, 5.74) is 2.43. The Morgan fingerprint density at radius 2 is 1.90 bits per heavy atom. The predicted molar refractivity (Wildman–Crippen MR) is 82.0 cm³/mol. The molecular weight excluding hydrogens is 292 g/mol. The van der Waals surface area contributed by atoms with E-state index in [-0.39, 0.29) is 16.6 Å². The number of nitro groups is 1. The first-order valence-electron chi connectivity index (χ1n) is 6.21. The lowest BCUT2D eigenvalue weighted by Crippen LogP contribution is -2.13. The molecule has 0 radical (unpaired) electrons. The van der Waals surface area contributed by atoms with Gasteiger partial charge < -0.3 is 5.32 Å². The fourth-order valence-corrected chi connectivity index (χ4v) is 2.10. The number of hydrogen-bond acceptors (Lipinski definition) is 3. The summed E-state index contributed by atoms with van der Waals surface area (Å²) in [6.07, 6.45) is 0. The topological polar surface area (TPSA) is 72.2 Å². The Morgan fingerprint density at radius 1 is 1.19 bits per heavy atom. The Bertz CT molecular complexity index is 729. The molecule has 0 aliphatic carbocycles. The molecule has 6 heteroatoms. The second kappa shape index (κ2) is 5.93. The second-order valence-electron chi connectivity index (χ2n) is 4.70. The summed E-state index contributed by atoms with van der Waals surface area (Å²) in [6, 6.07) is 9.70. The van der Waals surface area contributed by atoms with Gasteiger partial charge in [0.1, 0.15) is 5.02 Å². The summed E-state index contributed by atoms with van der Waals surface area (Å²) in [5, 5.41) is 13.5. The van der Waals surface area contributed by atoms with E-state index in [2.05, 4.69) is 5.32 Å². The molecule has 5 nitrogen and oxygen atoms in total. The number of hydrogen-bond donors (Lipinski definition) is 1. The number of nitrogens with zero attached hydrogens (tertiary/aromatic N) is 1. The highest BCUT2D eigenvalue weighted by Gasteiger charge is 2.15. The monoisotopic (exact) mass is 304 g/mol. The van der Waals surface area contributed by atoms with Crippen LogP contribution in [0.25, 0.3) is 0 Å². The highest BCUT2D eigenvalue weighted by Crippen LogP contribution is 2.27. The van der Waals surface area contributed by atoms with E-state index in [1.807, 2.05) is 26.0 Å². The van der Waals surface area contributed by atoms with E-state index < -0.39 is 4.92 Å². The molecule has 1 amide bonds. The maximum absolute atomic E-state index is 12.2. The molecule has 0 spiro atoms. The van der Waals surface area contributed by atoms with Crippen LogP contribution in [0, 0.1) is 24.0 Å². The number of carbonyl (C=O) groups is 1. The molecule has 0 aromatic heterocycles. The zero-order valence-corrected chi connectivity index (χ0v) is 12.3. The van der Waals surface area contributed by atoms with Crippen molar-refractivity contribution in [2.45, 2.75) is 13.8 Å². The number of carbonyl (C=O) groups excluding carboxylic acids is 1. The fraction of sp³-hybridized carbons (Fsp3) is 0.133. The Kier molecular flexibility index (Phi) is 4.23. The van der Waals surface area contributed by atoms with Crippen molar-refractivity contribution in [1.29, 1.82) is 0 Å². The Labute approximate surface area is 126 Å². The summed E-state index contributed by atoms with van der Waals surface area (Å²) in [4.78, 5) is 22.5. The van der Waals surface area contributed by atoms with Crippen LogP contribution < -0.4 is 5.32 Å². The van der Waals surface area contributed by atoms with E-state index >= 15 is 0 Å². The standard InChI is InChI=1S/C15H13ClN2O3/c1-9-3-4-10(2)12(7-9)15(19)17-11-5-6-13(16)14(8-11)18(20)21/h3-8H,1-2H3,(H,17,19). The Hall–Kier alpha value is -2.40. The molecule has 0 aliphatic heterocycles. The summed E-state index contributed by atoms with van der Waals surface area (Å²) < 4.78 is 0. The van der Waals surface area contributed by atoms with E-state index in [0.717, 1.165) is 11.1 Å². The molecule has 0 unspecified atom stereocenters. The van der Waals surface area contributed by atoms with E-state index in [4.69, 9.17) is 11.6 Å². The number of nitrogens with one attached hydrogen (secondary N) is 1. The molecule has 0 fully saturated rings. The van der Waals surface area contributed by atoms with Gasteiger partial charge in [-0.1, -0.05) is 29.3 Å². The third kappa shape index (κ3) is 3.38. The van der Waals surface area contributed by atoms with Crippen molar-refractivity contribution in [3.05, 3.63) is 68.2 Å². The third-order valence-electron chi connectivity index (χ3n) is 3.04. The number of aryl methyl sites for hydroxylation is 2.